The Kier molecular flexibility index (Phi) is 4.71. The summed E-state index contributed by atoms with van der Waals surface area (Å²) >= 11 is 0. The van der Waals surface area contributed by atoms with Crippen LogP contribution in [0.15, 0.2) is 53.7 Å². The first kappa shape index (κ1) is 14.8. The molecule has 104 valence electrons. The number of carbonyl (C=O) groups is 1. The largest absolute Gasteiger partial charge is 0.508 e. The summed E-state index contributed by atoms with van der Waals surface area (Å²) in [6.45, 7) is 0. The number of rotatable bonds is 5. The highest BCUT2D eigenvalue weighted by Gasteiger charge is 2.13. The molecule has 1 amide bonds. The van der Waals surface area contributed by atoms with Gasteiger partial charge < -0.3 is 9.84 Å². The van der Waals surface area contributed by atoms with Crippen LogP contribution in [0, 0.1) is 4.91 Å². The van der Waals surface area contributed by atoms with Gasteiger partial charge in [0.25, 0.3) is 5.91 Å². The van der Waals surface area contributed by atoms with Crippen molar-refractivity contribution < 1.29 is 14.6 Å². The molecule has 6 heteroatoms. The molecule has 2 rings (SSSR count). The van der Waals surface area contributed by atoms with Crippen molar-refractivity contribution in [3.8, 4) is 17.2 Å². The summed E-state index contributed by atoms with van der Waals surface area (Å²) in [5.41, 5.74) is 0.803. The maximum Gasteiger partial charge on any atom is 0.281 e. The van der Waals surface area contributed by atoms with E-state index in [9.17, 15) is 14.8 Å². The first-order chi connectivity index (χ1) is 10.1. The van der Waals surface area contributed by atoms with Crippen LogP contribution < -0.4 is 4.74 Å². The summed E-state index contributed by atoms with van der Waals surface area (Å²) in [6.07, 6.45) is 0.240. The van der Waals surface area contributed by atoms with E-state index in [1.165, 1.54) is 12.1 Å². The average Bonchev–Trinajstić information content (AvgIpc) is 2.50. The van der Waals surface area contributed by atoms with E-state index < -0.39 is 11.7 Å². The van der Waals surface area contributed by atoms with E-state index >= 15 is 0 Å². The molecule has 2 aromatic carbocycles. The number of hydrogen-bond acceptors (Lipinski definition) is 4. The number of nitroso groups, excluding NO2 is 1. The lowest BCUT2D eigenvalue weighted by Crippen LogP contribution is -2.08. The second-order valence-corrected chi connectivity index (χ2v) is 4.48. The third-order valence-corrected chi connectivity index (χ3v) is 2.86. The SMILES string of the molecule is [B]C(Cc1ccc(Oc2ccc(O)cc2)cc1)C(=O)N=O. The van der Waals surface area contributed by atoms with Crippen molar-refractivity contribution in [1.82, 2.24) is 0 Å². The Morgan fingerprint density at radius 3 is 2.14 bits per heavy atom. The lowest BCUT2D eigenvalue weighted by Gasteiger charge is -2.08. The minimum atomic E-state index is -0.925. The Bertz CT molecular complexity index is 625. The molecule has 5 nitrogen and oxygen atoms in total. The van der Waals surface area contributed by atoms with Gasteiger partial charge in [0.15, 0.2) is 0 Å². The summed E-state index contributed by atoms with van der Waals surface area (Å²) < 4.78 is 5.58. The van der Waals surface area contributed by atoms with Crippen LogP contribution in [0.4, 0.5) is 0 Å². The molecule has 21 heavy (non-hydrogen) atoms. The van der Waals surface area contributed by atoms with Gasteiger partial charge in [0.1, 0.15) is 17.2 Å². The molecule has 1 atom stereocenters. The number of carbonyl (C=O) groups excluding carboxylic acids is 1. The Labute approximate surface area is 122 Å². The van der Waals surface area contributed by atoms with Crippen LogP contribution in [0.1, 0.15) is 5.56 Å². The second-order valence-electron chi connectivity index (χ2n) is 4.48. The van der Waals surface area contributed by atoms with Crippen LogP contribution in [0.3, 0.4) is 0 Å². The van der Waals surface area contributed by atoms with Crippen LogP contribution in [-0.4, -0.2) is 18.9 Å². The fraction of sp³-hybridized carbons (Fsp3) is 0.133. The zero-order chi connectivity index (χ0) is 15.2. The molecule has 0 fully saturated rings. The smallest absolute Gasteiger partial charge is 0.281 e. The minimum absolute atomic E-state index is 0.167. The molecular weight excluding hydrogens is 269 g/mol. The normalized spacial score (nSPS) is 11.6. The lowest BCUT2D eigenvalue weighted by atomic mass is 9.81. The number of hydrogen-bond donors (Lipinski definition) is 1. The predicted octanol–water partition coefficient (Wildman–Crippen LogP) is 2.98. The molecule has 2 aromatic rings. The highest BCUT2D eigenvalue weighted by molar-refractivity contribution is 6.24. The highest BCUT2D eigenvalue weighted by Crippen LogP contribution is 2.24. The van der Waals surface area contributed by atoms with E-state index in [2.05, 4.69) is 5.18 Å². The quantitative estimate of drug-likeness (QED) is 0.675. The topological polar surface area (TPSA) is 76.0 Å². The zero-order valence-corrected chi connectivity index (χ0v) is 11.1. The average molecular weight is 281 g/mol. The molecule has 0 aliphatic heterocycles. The number of nitrogens with zero attached hydrogens (tertiary/aromatic N) is 1. The molecule has 0 heterocycles. The van der Waals surface area contributed by atoms with Crippen molar-refractivity contribution >= 4 is 13.8 Å². The van der Waals surface area contributed by atoms with Crippen molar-refractivity contribution in [3.63, 3.8) is 0 Å². The van der Waals surface area contributed by atoms with Crippen LogP contribution >= 0.6 is 0 Å². The molecule has 0 aromatic heterocycles. The van der Waals surface area contributed by atoms with Gasteiger partial charge in [-0.05, 0) is 48.4 Å². The van der Waals surface area contributed by atoms with Gasteiger partial charge in [-0.2, -0.15) is 0 Å². The Hall–Kier alpha value is -2.63. The number of phenols is 1. The fourth-order valence-electron chi connectivity index (χ4n) is 1.75. The molecule has 1 N–H and O–H groups in total. The third kappa shape index (κ3) is 4.17. The van der Waals surface area contributed by atoms with Crippen molar-refractivity contribution in [3.05, 3.63) is 59.0 Å². The summed E-state index contributed by atoms with van der Waals surface area (Å²) in [5.74, 6) is -0.415. The number of aromatic hydroxyl groups is 1. The molecule has 1 unspecified atom stereocenters. The summed E-state index contributed by atoms with van der Waals surface area (Å²) in [4.78, 5) is 21.1. The maximum absolute atomic E-state index is 11.0. The summed E-state index contributed by atoms with van der Waals surface area (Å²) in [6, 6.07) is 13.3. The molecule has 0 spiro atoms. The minimum Gasteiger partial charge on any atom is -0.508 e. The van der Waals surface area contributed by atoms with Crippen LogP contribution in [0.5, 0.6) is 17.2 Å². The van der Waals surface area contributed by atoms with E-state index in [-0.39, 0.29) is 12.2 Å². The molecule has 2 radical (unpaired) electrons. The lowest BCUT2D eigenvalue weighted by molar-refractivity contribution is -0.117. The van der Waals surface area contributed by atoms with Crippen molar-refractivity contribution in [2.24, 2.45) is 5.18 Å². The number of ether oxygens (including phenoxy) is 1. The Morgan fingerprint density at radius 1 is 1.10 bits per heavy atom. The molecule has 0 aliphatic rings. The summed E-state index contributed by atoms with van der Waals surface area (Å²) in [5, 5.41) is 11.5. The van der Waals surface area contributed by atoms with Gasteiger partial charge in [-0.1, -0.05) is 12.1 Å². The second kappa shape index (κ2) is 6.70. The van der Waals surface area contributed by atoms with Gasteiger partial charge >= 0.3 is 0 Å². The number of benzene rings is 2. The number of amides is 1. The first-order valence-corrected chi connectivity index (χ1v) is 6.27. The zero-order valence-electron chi connectivity index (χ0n) is 11.1. The van der Waals surface area contributed by atoms with Gasteiger partial charge in [-0.25, -0.2) is 0 Å². The molecular formula is C15H12BNO4. The van der Waals surface area contributed by atoms with Crippen LogP contribution in [0.25, 0.3) is 0 Å². The maximum atomic E-state index is 11.0. The van der Waals surface area contributed by atoms with Gasteiger partial charge in [-0.15, -0.1) is 4.91 Å². The van der Waals surface area contributed by atoms with Crippen LogP contribution in [0.2, 0.25) is 5.82 Å². The third-order valence-electron chi connectivity index (χ3n) is 2.86. The van der Waals surface area contributed by atoms with E-state index in [1.54, 1.807) is 36.4 Å². The van der Waals surface area contributed by atoms with E-state index in [0.717, 1.165) is 5.56 Å². The van der Waals surface area contributed by atoms with E-state index in [0.29, 0.717) is 11.5 Å². The van der Waals surface area contributed by atoms with Crippen molar-refractivity contribution in [2.75, 3.05) is 0 Å². The van der Waals surface area contributed by atoms with Gasteiger partial charge in [-0.3, -0.25) is 4.79 Å². The molecule has 0 bridgehead atoms. The molecule has 0 aliphatic carbocycles. The van der Waals surface area contributed by atoms with Crippen molar-refractivity contribution in [2.45, 2.75) is 12.2 Å². The molecule has 0 saturated carbocycles. The Morgan fingerprint density at radius 2 is 1.62 bits per heavy atom. The Balaban J connectivity index is 2.00. The standard InChI is InChI=1S/C15H12BNO4/c16-14(15(19)17-20)9-10-1-5-12(6-2-10)21-13-7-3-11(18)4-8-13/h1-8,14,18H,9H2. The van der Waals surface area contributed by atoms with Gasteiger partial charge in [0, 0.05) is 11.0 Å². The highest BCUT2D eigenvalue weighted by atomic mass is 16.5. The summed E-state index contributed by atoms with van der Waals surface area (Å²) in [7, 11) is 5.54. The van der Waals surface area contributed by atoms with Gasteiger partial charge in [0.05, 0.1) is 7.85 Å². The molecule has 0 saturated heterocycles. The predicted molar refractivity (Wildman–Crippen MR) is 78.6 cm³/mol. The van der Waals surface area contributed by atoms with Crippen molar-refractivity contribution in [1.29, 1.82) is 0 Å². The van der Waals surface area contributed by atoms with E-state index in [1.807, 2.05) is 0 Å². The van der Waals surface area contributed by atoms with Gasteiger partial charge in [0.2, 0.25) is 0 Å². The monoisotopic (exact) mass is 281 g/mol. The van der Waals surface area contributed by atoms with E-state index in [4.69, 9.17) is 12.6 Å². The fourth-order valence-corrected chi connectivity index (χ4v) is 1.75. The number of phenolic OH excluding ortho intramolecular Hbond substituents is 1. The first-order valence-electron chi connectivity index (χ1n) is 6.27. The van der Waals surface area contributed by atoms with Crippen LogP contribution in [-0.2, 0) is 11.2 Å².